The van der Waals surface area contributed by atoms with E-state index in [-0.39, 0.29) is 0 Å². The molecule has 2 unspecified atom stereocenters. The molecule has 42 heavy (non-hydrogen) atoms. The minimum atomic E-state index is -0.399. The van der Waals surface area contributed by atoms with Crippen molar-refractivity contribution < 1.29 is 14.2 Å². The number of hydrogen-bond acceptors (Lipinski definition) is 7. The molecule has 0 aliphatic carbocycles. The van der Waals surface area contributed by atoms with Crippen LogP contribution in [0.2, 0.25) is 0 Å². The van der Waals surface area contributed by atoms with Crippen molar-refractivity contribution in [2.75, 3.05) is 13.2 Å². The van der Waals surface area contributed by atoms with Crippen molar-refractivity contribution in [3.8, 4) is 46.5 Å². The van der Waals surface area contributed by atoms with Gasteiger partial charge in [0.2, 0.25) is 0 Å². The lowest BCUT2D eigenvalue weighted by Gasteiger charge is -2.31. The van der Waals surface area contributed by atoms with Crippen LogP contribution in [-0.4, -0.2) is 13.2 Å². The molecule has 4 aromatic heterocycles. The van der Waals surface area contributed by atoms with E-state index in [1.807, 2.05) is 22.7 Å². The van der Waals surface area contributed by atoms with E-state index in [0.29, 0.717) is 11.8 Å². The Morgan fingerprint density at radius 1 is 0.714 bits per heavy atom. The summed E-state index contributed by atoms with van der Waals surface area (Å²) in [5, 5.41) is 4.32. The first-order chi connectivity index (χ1) is 20.4. The first-order valence-corrected chi connectivity index (χ1v) is 19.2. The van der Waals surface area contributed by atoms with Crippen LogP contribution < -0.4 is 14.2 Å². The first kappa shape index (κ1) is 31.6. The Kier molecular flexibility index (Phi) is 10.8. The minimum Gasteiger partial charge on any atom is -0.492 e. The summed E-state index contributed by atoms with van der Waals surface area (Å²) >= 11 is 7.25. The van der Waals surface area contributed by atoms with Crippen molar-refractivity contribution in [2.24, 2.45) is 11.8 Å². The van der Waals surface area contributed by atoms with Gasteiger partial charge in [-0.3, -0.25) is 0 Å². The fourth-order valence-electron chi connectivity index (χ4n) is 5.56. The molecular weight excluding hydrogens is 597 g/mol. The van der Waals surface area contributed by atoms with Crippen molar-refractivity contribution >= 4 is 45.3 Å². The molecule has 0 amide bonds. The highest BCUT2D eigenvalue weighted by atomic mass is 32.1. The first-order valence-electron chi connectivity index (χ1n) is 15.8. The lowest BCUT2D eigenvalue weighted by atomic mass is 9.95. The molecule has 0 fully saturated rings. The van der Waals surface area contributed by atoms with Crippen LogP contribution in [0.15, 0.2) is 35.0 Å². The zero-order valence-corrected chi connectivity index (χ0v) is 29.3. The third kappa shape index (κ3) is 6.95. The average molecular weight is 643 g/mol. The van der Waals surface area contributed by atoms with Crippen molar-refractivity contribution in [1.82, 2.24) is 0 Å². The molecular formula is C35H46O3S4. The highest BCUT2D eigenvalue weighted by molar-refractivity contribution is 7.28. The molecule has 0 aromatic carbocycles. The van der Waals surface area contributed by atoms with Crippen LogP contribution in [0.5, 0.6) is 17.2 Å². The van der Waals surface area contributed by atoms with Gasteiger partial charge in [-0.2, -0.15) is 0 Å². The normalized spacial score (nSPS) is 15.1. The SMILES string of the molecule is CCCCC(CC)COc1ccsc1-c1cc2c(s1)-c1sc(-c3sccc3OCC(CC)CCCC)cc1C(C)(C)O2. The number of thiophene rings is 4. The van der Waals surface area contributed by atoms with E-state index in [0.717, 1.165) is 43.3 Å². The van der Waals surface area contributed by atoms with Crippen molar-refractivity contribution in [3.63, 3.8) is 0 Å². The van der Waals surface area contributed by atoms with Crippen LogP contribution in [0.3, 0.4) is 0 Å². The van der Waals surface area contributed by atoms with Crippen LogP contribution in [0.25, 0.3) is 29.3 Å². The molecule has 4 aromatic rings. The Bertz CT molecular complexity index is 1420. The Labute approximate surface area is 268 Å². The van der Waals surface area contributed by atoms with Crippen LogP contribution in [0, 0.1) is 11.8 Å². The summed E-state index contributed by atoms with van der Waals surface area (Å²) in [5.74, 6) is 4.23. The number of rotatable bonds is 16. The summed E-state index contributed by atoms with van der Waals surface area (Å²) in [6.07, 6.45) is 9.82. The Hall–Kier alpha value is -1.80. The predicted molar refractivity (Wildman–Crippen MR) is 186 cm³/mol. The van der Waals surface area contributed by atoms with E-state index in [1.54, 1.807) is 22.7 Å². The number of unbranched alkanes of at least 4 members (excludes halogenated alkanes) is 2. The topological polar surface area (TPSA) is 27.7 Å². The number of hydrogen-bond donors (Lipinski definition) is 0. The molecule has 5 heterocycles. The maximum atomic E-state index is 6.67. The van der Waals surface area contributed by atoms with E-state index >= 15 is 0 Å². The van der Waals surface area contributed by atoms with Crippen molar-refractivity contribution in [3.05, 3.63) is 40.6 Å². The summed E-state index contributed by atoms with van der Waals surface area (Å²) in [7, 11) is 0. The summed E-state index contributed by atoms with van der Waals surface area (Å²) in [6.45, 7) is 15.0. The minimum absolute atomic E-state index is 0.399. The van der Waals surface area contributed by atoms with Gasteiger partial charge in [-0.1, -0.05) is 66.2 Å². The van der Waals surface area contributed by atoms with Gasteiger partial charge in [-0.05, 0) is 67.5 Å². The predicted octanol–water partition coefficient (Wildman–Crippen LogP) is 12.8. The van der Waals surface area contributed by atoms with Gasteiger partial charge in [-0.25, -0.2) is 0 Å². The fraction of sp³-hybridized carbons (Fsp3) is 0.543. The van der Waals surface area contributed by atoms with Crippen LogP contribution in [0.4, 0.5) is 0 Å². The monoisotopic (exact) mass is 642 g/mol. The molecule has 5 rings (SSSR count). The second-order valence-electron chi connectivity index (χ2n) is 12.0. The molecule has 7 heteroatoms. The summed E-state index contributed by atoms with van der Waals surface area (Å²) in [4.78, 5) is 7.49. The van der Waals surface area contributed by atoms with Crippen molar-refractivity contribution in [1.29, 1.82) is 0 Å². The largest absolute Gasteiger partial charge is 0.492 e. The molecule has 3 nitrogen and oxygen atoms in total. The molecule has 0 saturated heterocycles. The lowest BCUT2D eigenvalue weighted by molar-refractivity contribution is 0.107. The third-order valence-corrected chi connectivity index (χ3v) is 13.0. The van der Waals surface area contributed by atoms with Gasteiger partial charge in [-0.15, -0.1) is 45.3 Å². The van der Waals surface area contributed by atoms with Crippen LogP contribution in [-0.2, 0) is 5.60 Å². The second-order valence-corrected chi connectivity index (χ2v) is 15.9. The molecule has 1 aliphatic heterocycles. The zero-order valence-electron chi connectivity index (χ0n) is 26.0. The average Bonchev–Trinajstić information content (AvgIpc) is 3.78. The molecule has 0 saturated carbocycles. The van der Waals surface area contributed by atoms with Crippen LogP contribution >= 0.6 is 45.3 Å². The molecule has 1 aliphatic rings. The number of fused-ring (bicyclic) bond motifs is 3. The van der Waals surface area contributed by atoms with E-state index < -0.39 is 5.60 Å². The second kappa shape index (κ2) is 14.3. The lowest BCUT2D eigenvalue weighted by Crippen LogP contribution is -2.27. The fourth-order valence-corrected chi connectivity index (χ4v) is 10.0. The van der Waals surface area contributed by atoms with Crippen LogP contribution in [0.1, 0.15) is 98.5 Å². The maximum absolute atomic E-state index is 6.67. The molecule has 0 radical (unpaired) electrons. The van der Waals surface area contributed by atoms with Gasteiger partial charge in [0.1, 0.15) is 22.8 Å². The number of ether oxygens (including phenoxy) is 3. The molecule has 2 atom stereocenters. The summed E-state index contributed by atoms with van der Waals surface area (Å²) < 4.78 is 19.5. The third-order valence-electron chi connectivity index (χ3n) is 8.39. The van der Waals surface area contributed by atoms with Gasteiger partial charge in [0.05, 0.1) is 37.6 Å². The van der Waals surface area contributed by atoms with E-state index in [4.69, 9.17) is 14.2 Å². The summed E-state index contributed by atoms with van der Waals surface area (Å²) in [5.41, 5.74) is 0.866. The van der Waals surface area contributed by atoms with Crippen molar-refractivity contribution in [2.45, 2.75) is 98.5 Å². The Balaban J connectivity index is 1.39. The quantitative estimate of drug-likeness (QED) is 0.122. The van der Waals surface area contributed by atoms with E-state index in [9.17, 15) is 0 Å². The van der Waals surface area contributed by atoms with Gasteiger partial charge < -0.3 is 14.2 Å². The molecule has 0 bridgehead atoms. The highest BCUT2D eigenvalue weighted by Gasteiger charge is 2.37. The van der Waals surface area contributed by atoms with E-state index in [1.165, 1.54) is 73.4 Å². The Morgan fingerprint density at radius 2 is 1.24 bits per heavy atom. The molecule has 0 N–H and O–H groups in total. The molecule has 0 spiro atoms. The Morgan fingerprint density at radius 3 is 1.76 bits per heavy atom. The van der Waals surface area contributed by atoms with Gasteiger partial charge in [0.25, 0.3) is 0 Å². The zero-order chi connectivity index (χ0) is 29.7. The van der Waals surface area contributed by atoms with Gasteiger partial charge in [0, 0.05) is 16.5 Å². The van der Waals surface area contributed by atoms with Gasteiger partial charge in [0.15, 0.2) is 0 Å². The maximum Gasteiger partial charge on any atom is 0.140 e. The highest BCUT2D eigenvalue weighted by Crippen LogP contribution is 2.57. The molecule has 228 valence electrons. The smallest absolute Gasteiger partial charge is 0.140 e. The van der Waals surface area contributed by atoms with Gasteiger partial charge >= 0.3 is 0 Å². The standard InChI is InChI=1S/C35H46O3S4/c1-7-11-13-23(9-3)21-36-26-15-17-39-32(26)29-19-25-31(41-29)34-28(38-35(25,5)6)20-30(42-34)33-27(16-18-40-33)37-22-24(10-4)14-12-8-2/h15-20,23-24H,7-14,21-22H2,1-6H3. The van der Waals surface area contributed by atoms with E-state index in [2.05, 4.69) is 76.6 Å². The summed E-state index contributed by atoms with van der Waals surface area (Å²) in [6, 6.07) is 8.86.